The number of hydrogen-bond donors (Lipinski definition) is 1. The molecule has 0 aromatic rings. The highest BCUT2D eigenvalue weighted by molar-refractivity contribution is 5.83. The van der Waals surface area contributed by atoms with Gasteiger partial charge in [0.1, 0.15) is 18.6 Å². The minimum Gasteiger partial charge on any atom is -0.433 e. The maximum absolute atomic E-state index is 11.6. The minimum absolute atomic E-state index is 0.0862. The third-order valence-corrected chi connectivity index (χ3v) is 1.94. The largest absolute Gasteiger partial charge is 0.508 e. The maximum atomic E-state index is 11.6. The Morgan fingerprint density at radius 1 is 1.23 bits per heavy atom. The van der Waals surface area contributed by atoms with Crippen LogP contribution in [0.5, 0.6) is 0 Å². The molecule has 1 rings (SSSR count). The highest BCUT2D eigenvalue weighted by atomic mass is 16.7. The van der Waals surface area contributed by atoms with Crippen molar-refractivity contribution in [3.8, 4) is 0 Å². The van der Waals surface area contributed by atoms with Crippen LogP contribution in [-0.4, -0.2) is 58.4 Å². The van der Waals surface area contributed by atoms with Crippen LogP contribution in [0.3, 0.4) is 0 Å². The summed E-state index contributed by atoms with van der Waals surface area (Å²) in [5, 5.41) is 2.75. The molecule has 6 nitrogen and oxygen atoms in total. The lowest BCUT2D eigenvalue weighted by molar-refractivity contribution is -0.149. The van der Waals surface area contributed by atoms with Gasteiger partial charge >= 0.3 is 6.16 Å². The van der Waals surface area contributed by atoms with Gasteiger partial charge in [-0.3, -0.25) is 4.79 Å². The Morgan fingerprint density at radius 2 is 1.55 bits per heavy atom. The number of cyclic esters (lactones) is 2. The summed E-state index contributed by atoms with van der Waals surface area (Å²) >= 11 is 0. The van der Waals surface area contributed by atoms with Gasteiger partial charge in [0.2, 0.25) is 5.91 Å². The van der Waals surface area contributed by atoms with Crippen LogP contribution in [0.25, 0.3) is 0 Å². The van der Waals surface area contributed by atoms with E-state index in [4.69, 9.17) is 2.74 Å². The van der Waals surface area contributed by atoms with Gasteiger partial charge in [0.25, 0.3) is 0 Å². The summed E-state index contributed by atoms with van der Waals surface area (Å²) in [6.07, 6.45) is 1.27. The molecule has 0 aromatic heterocycles. The summed E-state index contributed by atoms with van der Waals surface area (Å²) in [4.78, 5) is 23.6. The molecule has 1 heterocycles. The summed E-state index contributed by atoms with van der Waals surface area (Å²) in [6.45, 7) is 7.01. The smallest absolute Gasteiger partial charge is 0.433 e. The molecule has 0 unspecified atom stereocenters. The molecule has 1 N–H and O–H groups in total. The van der Waals surface area contributed by atoms with E-state index in [9.17, 15) is 9.59 Å². The predicted octanol–water partition coefficient (Wildman–Crippen LogP) is 2.92. The molecule has 0 saturated carbocycles. The summed E-state index contributed by atoms with van der Waals surface area (Å²) < 4.78 is 22.2. The lowest BCUT2D eigenvalue weighted by atomic mass is 9.91. The summed E-state index contributed by atoms with van der Waals surface area (Å²) in [5.74, 6) is -0.0972. The van der Waals surface area contributed by atoms with Crippen molar-refractivity contribution in [2.75, 3.05) is 41.4 Å². The molecule has 1 aliphatic heterocycles. The molecule has 1 saturated heterocycles. The van der Waals surface area contributed by atoms with Gasteiger partial charge in [-0.25, -0.2) is 4.79 Å². The highest BCUT2D eigenvalue weighted by Gasteiger charge is 2.41. The van der Waals surface area contributed by atoms with Crippen LogP contribution in [0.4, 0.5) is 4.79 Å². The molecule has 6 heteroatoms. The average molecular weight is 324 g/mol. The molecule has 1 aliphatic rings. The fourth-order valence-corrected chi connectivity index (χ4v) is 1.18. The van der Waals surface area contributed by atoms with E-state index >= 15 is 0 Å². The molecule has 0 aromatic carbocycles. The van der Waals surface area contributed by atoms with Crippen LogP contribution in [0, 0.1) is 5.41 Å². The fourth-order valence-electron chi connectivity index (χ4n) is 1.18. The minimum atomic E-state index is -0.739. The molecule has 0 bridgehead atoms. The van der Waals surface area contributed by atoms with Crippen LogP contribution in [-0.2, 0) is 14.3 Å². The number of carbonyl (C=O) groups excluding carboxylic acids is 2. The van der Waals surface area contributed by atoms with Gasteiger partial charge in [-0.15, -0.1) is 0 Å². The third kappa shape index (κ3) is 13.7. The first-order chi connectivity index (χ1) is 11.2. The zero-order valence-corrected chi connectivity index (χ0v) is 15.3. The SMILES string of the molecule is CN(C)C(=O)C1(C)COC(=O)OC1.CNC.[3H]CCC.[3H]CCC. The first kappa shape index (κ1) is 20.7. The summed E-state index contributed by atoms with van der Waals surface area (Å²) in [6, 6.07) is 0. The molecular formula is C16H36N2O4. The van der Waals surface area contributed by atoms with Crippen molar-refractivity contribution in [1.29, 1.82) is 0 Å². The summed E-state index contributed by atoms with van der Waals surface area (Å²) in [5.41, 5.74) is -0.739. The van der Waals surface area contributed by atoms with Crippen molar-refractivity contribution in [2.24, 2.45) is 5.41 Å². The van der Waals surface area contributed by atoms with Crippen LogP contribution in [0.2, 0.25) is 0 Å². The van der Waals surface area contributed by atoms with Crippen LogP contribution >= 0.6 is 0 Å². The van der Waals surface area contributed by atoms with Crippen molar-refractivity contribution in [3.05, 3.63) is 0 Å². The van der Waals surface area contributed by atoms with E-state index in [1.54, 1.807) is 21.0 Å². The summed E-state index contributed by atoms with van der Waals surface area (Å²) in [7, 11) is 7.06. The number of ether oxygens (including phenoxy) is 2. The van der Waals surface area contributed by atoms with Gasteiger partial charge in [-0.05, 0) is 21.0 Å². The Morgan fingerprint density at radius 3 is 1.77 bits per heavy atom. The van der Waals surface area contributed by atoms with E-state index in [1.165, 1.54) is 4.90 Å². The first-order valence-electron chi connectivity index (χ1n) is 8.80. The molecule has 1 amide bonds. The second kappa shape index (κ2) is 16.1. The van der Waals surface area contributed by atoms with E-state index in [2.05, 4.69) is 14.8 Å². The molecule has 0 aliphatic carbocycles. The monoisotopic (exact) mass is 324 g/mol. The number of hydrogen-bond acceptors (Lipinski definition) is 5. The van der Waals surface area contributed by atoms with Gasteiger partial charge < -0.3 is 19.7 Å². The maximum Gasteiger partial charge on any atom is 0.508 e. The zero-order valence-electron chi connectivity index (χ0n) is 17.3. The number of nitrogens with zero attached hydrogens (tertiary/aromatic N) is 1. The average Bonchev–Trinajstić information content (AvgIpc) is 2.58. The number of carbonyl (C=O) groups is 2. The van der Waals surface area contributed by atoms with Crippen molar-refractivity contribution < 1.29 is 21.8 Å². The Balaban J connectivity index is -0.000000331. The molecular weight excluding hydrogens is 284 g/mol. The van der Waals surface area contributed by atoms with Crippen LogP contribution < -0.4 is 5.32 Å². The normalized spacial score (nSPS) is 15.5. The zero-order chi connectivity index (χ0) is 19.6. The van der Waals surface area contributed by atoms with Crippen LogP contribution in [0.1, 0.15) is 50.2 Å². The number of amides is 1. The van der Waals surface area contributed by atoms with E-state index in [0.29, 0.717) is 13.8 Å². The first-order valence-corrected chi connectivity index (χ1v) is 7.38. The van der Waals surface area contributed by atoms with Crippen molar-refractivity contribution >= 4 is 12.1 Å². The lowest BCUT2D eigenvalue weighted by Gasteiger charge is -2.32. The van der Waals surface area contributed by atoms with E-state index in [1.807, 2.05) is 27.9 Å². The number of rotatable bonds is 1. The Hall–Kier alpha value is -1.30. The van der Waals surface area contributed by atoms with E-state index in [0.717, 1.165) is 12.8 Å². The quantitative estimate of drug-likeness (QED) is 0.751. The fraction of sp³-hybridized carbons (Fsp3) is 0.875. The third-order valence-electron chi connectivity index (χ3n) is 1.94. The Bertz CT molecular complexity index is 298. The molecule has 0 atom stereocenters. The van der Waals surface area contributed by atoms with Gasteiger partial charge in [0, 0.05) is 16.8 Å². The standard InChI is InChI=1S/C8H13NO4.2C3H8.C2H7N/c1-8(6(10)9(2)3)4-12-7(11)13-5-8;3*1-3-2/h4-5H2,1-3H3;2*3H2,1-2H3;3H,1-2H3/i;2*1T;. The second-order valence-corrected chi connectivity index (χ2v) is 5.09. The second-order valence-electron chi connectivity index (χ2n) is 5.09. The predicted molar refractivity (Wildman–Crippen MR) is 91.0 cm³/mol. The molecule has 22 heavy (non-hydrogen) atoms. The lowest BCUT2D eigenvalue weighted by Crippen LogP contribution is -2.48. The highest BCUT2D eigenvalue weighted by Crippen LogP contribution is 2.23. The number of nitrogens with one attached hydrogen (secondary N) is 1. The van der Waals surface area contributed by atoms with Crippen molar-refractivity contribution in [3.63, 3.8) is 0 Å². The van der Waals surface area contributed by atoms with Crippen molar-refractivity contribution in [1.82, 2.24) is 10.2 Å². The Labute approximate surface area is 139 Å². The topological polar surface area (TPSA) is 67.9 Å². The van der Waals surface area contributed by atoms with Gasteiger partial charge in [-0.1, -0.05) is 40.5 Å². The van der Waals surface area contributed by atoms with Crippen LogP contribution in [0.15, 0.2) is 0 Å². The van der Waals surface area contributed by atoms with Crippen molar-refractivity contribution in [2.45, 2.75) is 47.4 Å². The van der Waals surface area contributed by atoms with E-state index < -0.39 is 11.6 Å². The Kier molecular flexibility index (Phi) is 15.1. The molecule has 0 radical (unpaired) electrons. The van der Waals surface area contributed by atoms with Gasteiger partial charge in [0.15, 0.2) is 0 Å². The van der Waals surface area contributed by atoms with Gasteiger partial charge in [0.05, 0.1) is 0 Å². The molecule has 0 spiro atoms. The molecule has 134 valence electrons. The van der Waals surface area contributed by atoms with Gasteiger partial charge in [-0.2, -0.15) is 0 Å². The molecule has 1 fully saturated rings. The van der Waals surface area contributed by atoms with E-state index in [-0.39, 0.29) is 19.1 Å².